The number of anilines is 2. The number of hydrogen-bond acceptors (Lipinski definition) is 12. The predicted molar refractivity (Wildman–Crippen MR) is 302 cm³/mol. The van der Waals surface area contributed by atoms with E-state index >= 15 is 0 Å². The summed E-state index contributed by atoms with van der Waals surface area (Å²) in [7, 11) is 0. The zero-order chi connectivity index (χ0) is 50.8. The number of carbonyl (C=O) groups is 2. The molecule has 398 valence electrons. The Morgan fingerprint density at radius 3 is 1.61 bits per heavy atom. The highest BCUT2D eigenvalue weighted by atomic mass is 35.5. The molecule has 0 radical (unpaired) electrons. The summed E-state index contributed by atoms with van der Waals surface area (Å²) in [6, 6.07) is 27.7. The van der Waals surface area contributed by atoms with Gasteiger partial charge in [0.1, 0.15) is 0 Å². The van der Waals surface area contributed by atoms with Crippen molar-refractivity contribution in [3.8, 4) is 28.2 Å². The molecule has 4 aromatic heterocycles. The number of hydrogen-bond donors (Lipinski definition) is 7. The van der Waals surface area contributed by atoms with E-state index in [2.05, 4.69) is 77.3 Å². The lowest BCUT2D eigenvalue weighted by Gasteiger charge is -2.31. The number of nitrogens with zero attached hydrogens (tertiary/aromatic N) is 5. The summed E-state index contributed by atoms with van der Waals surface area (Å²) in [6.45, 7) is 0. The first kappa shape index (κ1) is 56.5. The molecule has 4 fully saturated rings. The normalized spacial score (nSPS) is 23.0. The number of rotatable bonds is 11. The molecule has 19 heteroatoms. The minimum Gasteiger partial charge on any atom is -0.360 e. The minimum absolute atomic E-state index is 0. The molecule has 3 aromatic carbocycles. The largest absolute Gasteiger partial charge is 0.360 e. The topological polar surface area (TPSA) is 241 Å². The molecule has 2 amide bonds. The van der Waals surface area contributed by atoms with Crippen LogP contribution in [0.15, 0.2) is 104 Å². The second-order valence-electron chi connectivity index (χ2n) is 19.8. The van der Waals surface area contributed by atoms with Gasteiger partial charge in [-0.2, -0.15) is 8.42 Å². The predicted octanol–water partition coefficient (Wildman–Crippen LogP) is 10.6. The van der Waals surface area contributed by atoms with Crippen molar-refractivity contribution in [1.29, 1.82) is 0 Å². The molecule has 16 nitrogen and oxygen atoms in total. The fourth-order valence-electron chi connectivity index (χ4n) is 11.1. The highest BCUT2D eigenvalue weighted by molar-refractivity contribution is 7.51. The highest BCUT2D eigenvalue weighted by Gasteiger charge is 2.33. The van der Waals surface area contributed by atoms with Gasteiger partial charge in [-0.3, -0.25) is 9.59 Å². The number of aromatic nitrogens is 6. The Bertz CT molecular complexity index is 3060. The number of para-hydroxylation sites is 3. The Morgan fingerprint density at radius 1 is 0.600 bits per heavy atom. The van der Waals surface area contributed by atoms with E-state index < -0.39 is 11.6 Å². The van der Waals surface area contributed by atoms with Crippen LogP contribution in [0.3, 0.4) is 0 Å². The van der Waals surface area contributed by atoms with Crippen molar-refractivity contribution in [3.05, 3.63) is 114 Å². The smallest absolute Gasteiger partial charge is 0.335 e. The molecule has 4 aliphatic carbocycles. The van der Waals surface area contributed by atoms with Crippen molar-refractivity contribution < 1.29 is 18.0 Å². The van der Waals surface area contributed by atoms with Gasteiger partial charge in [-0.15, -0.1) is 0 Å². The third-order valence-corrected chi connectivity index (χ3v) is 15.3. The highest BCUT2D eigenvalue weighted by Crippen LogP contribution is 2.37. The maximum atomic E-state index is 12.7. The molecule has 8 atom stereocenters. The van der Waals surface area contributed by atoms with Crippen molar-refractivity contribution in [2.75, 3.05) is 10.6 Å². The number of amides is 2. The van der Waals surface area contributed by atoms with Gasteiger partial charge < -0.3 is 42.3 Å². The second-order valence-corrected chi connectivity index (χ2v) is 20.8. The molecule has 0 bridgehead atoms. The molecule has 75 heavy (non-hydrogen) atoms. The average Bonchev–Trinajstić information content (AvgIpc) is 4.23. The van der Waals surface area contributed by atoms with E-state index in [9.17, 15) is 9.59 Å². The van der Waals surface area contributed by atoms with Crippen molar-refractivity contribution in [3.63, 3.8) is 0 Å². The molecule has 4 saturated carbocycles. The summed E-state index contributed by atoms with van der Waals surface area (Å²) in [5, 5.41) is 16.7. The van der Waals surface area contributed by atoms with Gasteiger partial charge in [0.2, 0.25) is 23.7 Å². The van der Waals surface area contributed by atoms with Crippen LogP contribution in [-0.2, 0) is 21.2 Å². The number of nitrogens with one attached hydrogen (secondary N) is 5. The summed E-state index contributed by atoms with van der Waals surface area (Å²) in [5.41, 5.74) is 18.5. The van der Waals surface area contributed by atoms with E-state index in [4.69, 9.17) is 53.1 Å². The van der Waals surface area contributed by atoms with Crippen LogP contribution in [0.1, 0.15) is 105 Å². The van der Waals surface area contributed by atoms with Crippen LogP contribution in [-0.4, -0.2) is 86.0 Å². The van der Waals surface area contributed by atoms with Gasteiger partial charge in [0.15, 0.2) is 0 Å². The Morgan fingerprint density at radius 2 is 1.08 bits per heavy atom. The van der Waals surface area contributed by atoms with E-state index in [1.165, 1.54) is 0 Å². The van der Waals surface area contributed by atoms with Crippen LogP contribution < -0.4 is 32.7 Å². The van der Waals surface area contributed by atoms with E-state index in [1.807, 2.05) is 54.7 Å². The van der Waals surface area contributed by atoms with Crippen molar-refractivity contribution in [1.82, 2.24) is 40.1 Å². The SMILES string of the molecule is C.C.N[C@@H]1CC[C@H](C(=O)N[C@H]2CCC[C@@H](Nc3ncc(Cl)c(-c4c[nH]c5ccccc45)n3)C2)C1.N[C@@H]1CC[C@H](C(=O)N[C@H]2CCC[C@@H](Nc3ncc(Cl)c(-c4cn(-c5ccccc5)c5ccccc45)n3)C2)C1.O=S=O. The standard InChI is InChI=1S/C30H33ClN6O.C24H29ClN6O.2CH4.O2S/c31-26-17-33-30(35-22-8-6-7-21(16-22)34-29(38)19-13-14-20(32)15-19)36-28(26)25-18-37(23-9-2-1-3-10-23)27-12-5-4-11-24(25)27;25-20-13-28-24(31-22(20)19-12-27-21-7-2-1-6-18(19)21)30-17-5-3-4-16(11-17)29-23(32)14-8-9-15(26)10-14;;;1-3-2/h1-5,9-12,17-22H,6-8,13-16,32H2,(H,34,38)(H,33,35,36);1-2,6-7,12-17,27H,3-5,8-11,26H2,(H,29,32)(H,28,30,31);2*1H4;/t19-,20+,21-,22+;14-,15+,16-,17+;;;/m00.../s1. The van der Waals surface area contributed by atoms with Crippen LogP contribution in [0, 0.1) is 11.8 Å². The van der Waals surface area contributed by atoms with E-state index in [0.29, 0.717) is 33.3 Å². The fourth-order valence-corrected chi connectivity index (χ4v) is 11.5. The van der Waals surface area contributed by atoms with Gasteiger partial charge in [0, 0.05) is 93.6 Å². The van der Waals surface area contributed by atoms with Crippen LogP contribution in [0.5, 0.6) is 0 Å². The zero-order valence-electron chi connectivity index (χ0n) is 40.5. The van der Waals surface area contributed by atoms with Gasteiger partial charge in [0.25, 0.3) is 0 Å². The second kappa shape index (κ2) is 26.5. The molecule has 0 spiro atoms. The quantitative estimate of drug-likeness (QED) is 0.0640. The Kier molecular flexibility index (Phi) is 20.0. The first-order valence-electron chi connectivity index (χ1n) is 25.4. The number of halogens is 2. The van der Waals surface area contributed by atoms with E-state index in [1.54, 1.807) is 12.4 Å². The first-order chi connectivity index (χ1) is 35.5. The molecule has 0 aliphatic heterocycles. The van der Waals surface area contributed by atoms with Gasteiger partial charge in [0.05, 0.1) is 39.3 Å². The summed E-state index contributed by atoms with van der Waals surface area (Å²) in [6.07, 6.45) is 20.5. The Balaban J connectivity index is 0.000000205. The van der Waals surface area contributed by atoms with Crippen molar-refractivity contribution in [2.45, 2.75) is 141 Å². The summed E-state index contributed by atoms with van der Waals surface area (Å²) in [5.74, 6) is 1.56. The van der Waals surface area contributed by atoms with Crippen molar-refractivity contribution in [2.24, 2.45) is 23.3 Å². The van der Waals surface area contributed by atoms with Crippen LogP contribution >= 0.6 is 23.2 Å². The molecular formula is C56H70Cl2N12O4S. The number of nitrogens with two attached hydrogens (primary N) is 2. The lowest BCUT2D eigenvalue weighted by Crippen LogP contribution is -2.44. The Labute approximate surface area is 453 Å². The summed E-state index contributed by atoms with van der Waals surface area (Å²) < 4.78 is 18.8. The summed E-state index contributed by atoms with van der Waals surface area (Å²) >= 11 is 12.4. The zero-order valence-corrected chi connectivity index (χ0v) is 42.8. The lowest BCUT2D eigenvalue weighted by atomic mass is 9.90. The Hall–Kier alpha value is -6.24. The third kappa shape index (κ3) is 14.0. The summed E-state index contributed by atoms with van der Waals surface area (Å²) in [4.78, 5) is 47.2. The fraction of sp³-hybridized carbons (Fsp3) is 0.429. The number of H-pyrrole nitrogens is 1. The molecule has 0 saturated heterocycles. The van der Waals surface area contributed by atoms with Crippen LogP contribution in [0.2, 0.25) is 10.0 Å². The molecular weight excluding hydrogens is 1010 g/mol. The van der Waals surface area contributed by atoms with Gasteiger partial charge >= 0.3 is 11.6 Å². The molecule has 11 rings (SSSR count). The maximum Gasteiger partial charge on any atom is 0.335 e. The minimum atomic E-state index is -0.750. The number of benzene rings is 3. The van der Waals surface area contributed by atoms with Gasteiger partial charge in [-0.25, -0.2) is 19.9 Å². The van der Waals surface area contributed by atoms with Crippen LogP contribution in [0.25, 0.3) is 50.0 Å². The van der Waals surface area contributed by atoms with Crippen molar-refractivity contribution >= 4 is 80.3 Å². The molecule has 4 aliphatic rings. The molecule has 4 heterocycles. The van der Waals surface area contributed by atoms with Crippen LogP contribution in [0.4, 0.5) is 11.9 Å². The monoisotopic (exact) mass is 1080 g/mol. The molecule has 9 N–H and O–H groups in total. The third-order valence-electron chi connectivity index (χ3n) is 14.7. The lowest BCUT2D eigenvalue weighted by molar-refractivity contribution is -0.126. The number of aromatic amines is 1. The first-order valence-corrected chi connectivity index (χ1v) is 26.8. The number of fused-ring (bicyclic) bond motifs is 2. The van der Waals surface area contributed by atoms with E-state index in [0.717, 1.165) is 129 Å². The molecule has 7 aromatic rings. The number of carbonyl (C=O) groups excluding carboxylic acids is 2. The average molecular weight is 1080 g/mol. The molecule has 0 unspecified atom stereocenters. The van der Waals surface area contributed by atoms with Gasteiger partial charge in [-0.05, 0) is 114 Å². The van der Waals surface area contributed by atoms with Gasteiger partial charge in [-0.1, -0.05) is 92.7 Å². The van der Waals surface area contributed by atoms with E-state index in [-0.39, 0.29) is 74.8 Å². The maximum absolute atomic E-state index is 12.7.